The van der Waals surface area contributed by atoms with Crippen molar-refractivity contribution in [1.82, 2.24) is 10.3 Å². The monoisotopic (exact) mass is 375 g/mol. The molecule has 0 fully saturated rings. The first-order chi connectivity index (χ1) is 12.6. The van der Waals surface area contributed by atoms with E-state index in [1.807, 2.05) is 30.3 Å². The van der Waals surface area contributed by atoms with E-state index in [-0.39, 0.29) is 18.5 Å². The molecule has 3 N–H and O–H groups in total. The van der Waals surface area contributed by atoms with Crippen LogP contribution in [0.25, 0.3) is 0 Å². The van der Waals surface area contributed by atoms with Crippen molar-refractivity contribution in [3.63, 3.8) is 0 Å². The van der Waals surface area contributed by atoms with Crippen LogP contribution in [0.1, 0.15) is 29.0 Å². The Kier molecular flexibility index (Phi) is 6.19. The van der Waals surface area contributed by atoms with Gasteiger partial charge in [-0.05, 0) is 18.4 Å². The first kappa shape index (κ1) is 18.3. The van der Waals surface area contributed by atoms with E-state index in [2.05, 4.69) is 15.6 Å². The highest BCUT2D eigenvalue weighted by molar-refractivity contribution is 7.15. The van der Waals surface area contributed by atoms with E-state index in [9.17, 15) is 9.59 Å². The molecular weight excluding hydrogens is 354 g/mol. The smallest absolute Gasteiger partial charge is 0.321 e. The van der Waals surface area contributed by atoms with Crippen LogP contribution in [-0.4, -0.2) is 34.7 Å². The van der Waals surface area contributed by atoms with Crippen molar-refractivity contribution in [1.29, 1.82) is 0 Å². The van der Waals surface area contributed by atoms with Crippen LogP contribution in [0.15, 0.2) is 30.3 Å². The molecule has 0 saturated heterocycles. The molecule has 1 atom stereocenters. The second kappa shape index (κ2) is 8.77. The average Bonchev–Trinajstić information content (AvgIpc) is 3.02. The molecule has 3 rings (SSSR count). The van der Waals surface area contributed by atoms with Crippen LogP contribution in [0.2, 0.25) is 0 Å². The molecule has 2 aromatic rings. The highest BCUT2D eigenvalue weighted by atomic mass is 32.1. The molecule has 1 aromatic carbocycles. The molecule has 138 valence electrons. The number of aromatic nitrogens is 1. The van der Waals surface area contributed by atoms with E-state index in [4.69, 9.17) is 9.84 Å². The molecule has 26 heavy (non-hydrogen) atoms. The van der Waals surface area contributed by atoms with Gasteiger partial charge in [-0.1, -0.05) is 41.7 Å². The predicted molar refractivity (Wildman–Crippen MR) is 98.4 cm³/mol. The number of benzene rings is 1. The molecule has 0 bridgehead atoms. The first-order valence-electron chi connectivity index (χ1n) is 8.49. The zero-order valence-corrected chi connectivity index (χ0v) is 15.1. The molecule has 2 amide bonds. The number of carbonyl (C=O) groups excluding carboxylic acids is 1. The van der Waals surface area contributed by atoms with Gasteiger partial charge in [0.1, 0.15) is 0 Å². The number of thiazole rings is 1. The summed E-state index contributed by atoms with van der Waals surface area (Å²) in [5.74, 6) is -0.877. The summed E-state index contributed by atoms with van der Waals surface area (Å²) in [4.78, 5) is 28.7. The number of rotatable bonds is 7. The minimum absolute atomic E-state index is 0.000662. The van der Waals surface area contributed by atoms with Gasteiger partial charge in [-0.15, -0.1) is 0 Å². The van der Waals surface area contributed by atoms with Crippen LogP contribution in [-0.2, 0) is 29.0 Å². The zero-order chi connectivity index (χ0) is 18.4. The van der Waals surface area contributed by atoms with E-state index in [0.29, 0.717) is 31.2 Å². The number of nitrogens with zero attached hydrogens (tertiary/aromatic N) is 1. The van der Waals surface area contributed by atoms with Gasteiger partial charge in [0, 0.05) is 18.9 Å². The molecule has 2 heterocycles. The summed E-state index contributed by atoms with van der Waals surface area (Å²) in [5, 5.41) is 15.1. The van der Waals surface area contributed by atoms with Gasteiger partial charge in [-0.3, -0.25) is 10.1 Å². The van der Waals surface area contributed by atoms with Gasteiger partial charge in [0.2, 0.25) is 0 Å². The highest BCUT2D eigenvalue weighted by Gasteiger charge is 2.19. The van der Waals surface area contributed by atoms with Crippen LogP contribution in [0, 0.1) is 0 Å². The largest absolute Gasteiger partial charge is 0.481 e. The summed E-state index contributed by atoms with van der Waals surface area (Å²) in [6.45, 7) is 1.18. The lowest BCUT2D eigenvalue weighted by molar-refractivity contribution is -0.137. The molecule has 0 spiro atoms. The Bertz CT molecular complexity index is 740. The maximum absolute atomic E-state index is 12.3. The van der Waals surface area contributed by atoms with Gasteiger partial charge in [0.05, 0.1) is 23.8 Å². The molecule has 0 saturated carbocycles. The molecule has 1 aliphatic heterocycles. The minimum Gasteiger partial charge on any atom is -0.481 e. The predicted octanol–water partition coefficient (Wildman–Crippen LogP) is 2.81. The van der Waals surface area contributed by atoms with Crippen molar-refractivity contribution in [2.75, 3.05) is 11.9 Å². The lowest BCUT2D eigenvalue weighted by Crippen LogP contribution is -2.39. The Labute approximate surface area is 155 Å². The second-order valence-corrected chi connectivity index (χ2v) is 7.19. The summed E-state index contributed by atoms with van der Waals surface area (Å²) in [6, 6.07) is 9.04. The fraction of sp³-hybridized carbons (Fsp3) is 0.389. The average molecular weight is 375 g/mol. The van der Waals surface area contributed by atoms with Crippen LogP contribution in [0.4, 0.5) is 9.93 Å². The summed E-state index contributed by atoms with van der Waals surface area (Å²) >= 11 is 1.41. The van der Waals surface area contributed by atoms with Crippen molar-refractivity contribution in [3.8, 4) is 0 Å². The van der Waals surface area contributed by atoms with Crippen LogP contribution in [0.3, 0.4) is 0 Å². The first-order valence-corrected chi connectivity index (χ1v) is 9.31. The van der Waals surface area contributed by atoms with E-state index < -0.39 is 5.97 Å². The molecule has 0 aliphatic carbocycles. The Morgan fingerprint density at radius 2 is 2.12 bits per heavy atom. The number of ether oxygens (including phenoxy) is 1. The molecule has 8 heteroatoms. The van der Waals surface area contributed by atoms with Gasteiger partial charge in [0.15, 0.2) is 5.13 Å². The van der Waals surface area contributed by atoms with E-state index in [0.717, 1.165) is 22.6 Å². The quantitative estimate of drug-likeness (QED) is 0.691. The highest BCUT2D eigenvalue weighted by Crippen LogP contribution is 2.26. The fourth-order valence-electron chi connectivity index (χ4n) is 2.82. The van der Waals surface area contributed by atoms with E-state index >= 15 is 0 Å². The topological polar surface area (TPSA) is 101 Å². The number of hydrogen-bond acceptors (Lipinski definition) is 5. The standard InChI is InChI=1S/C18H21N3O4S/c22-16(23)7-6-13(10-12-4-2-1-3-5-12)19-17(24)21-18-20-14-8-9-25-11-15(14)26-18/h1-5,13H,6-11H2,(H,22,23)(H2,19,20,21,24). The Morgan fingerprint density at radius 3 is 2.85 bits per heavy atom. The number of aliphatic carboxylic acids is 1. The minimum atomic E-state index is -0.877. The van der Waals surface area contributed by atoms with Crippen molar-refractivity contribution < 1.29 is 19.4 Å². The van der Waals surface area contributed by atoms with Crippen LogP contribution < -0.4 is 10.6 Å². The number of hydrogen-bond donors (Lipinski definition) is 3. The molecule has 1 aliphatic rings. The normalized spacial score (nSPS) is 14.3. The number of carboxylic acids is 1. The van der Waals surface area contributed by atoms with Crippen molar-refractivity contribution in [3.05, 3.63) is 46.5 Å². The molecule has 1 unspecified atom stereocenters. The Morgan fingerprint density at radius 1 is 1.31 bits per heavy atom. The maximum Gasteiger partial charge on any atom is 0.321 e. The van der Waals surface area contributed by atoms with E-state index in [1.54, 1.807) is 0 Å². The molecule has 7 nitrogen and oxygen atoms in total. The van der Waals surface area contributed by atoms with Crippen molar-refractivity contribution in [2.45, 2.75) is 38.3 Å². The number of fused-ring (bicyclic) bond motifs is 1. The maximum atomic E-state index is 12.3. The Balaban J connectivity index is 1.60. The fourth-order valence-corrected chi connectivity index (χ4v) is 3.76. The zero-order valence-electron chi connectivity index (χ0n) is 14.2. The van der Waals surface area contributed by atoms with Gasteiger partial charge in [-0.2, -0.15) is 0 Å². The number of carboxylic acid groups (broad SMARTS) is 1. The third-order valence-electron chi connectivity index (χ3n) is 4.08. The molecule has 0 radical (unpaired) electrons. The lowest BCUT2D eigenvalue weighted by Gasteiger charge is -2.18. The summed E-state index contributed by atoms with van der Waals surface area (Å²) in [5.41, 5.74) is 2.02. The summed E-state index contributed by atoms with van der Waals surface area (Å²) in [7, 11) is 0. The number of amides is 2. The molecule has 1 aromatic heterocycles. The van der Waals surface area contributed by atoms with Crippen LogP contribution in [0.5, 0.6) is 0 Å². The number of anilines is 1. The van der Waals surface area contributed by atoms with Gasteiger partial charge in [-0.25, -0.2) is 9.78 Å². The SMILES string of the molecule is O=C(O)CCC(Cc1ccccc1)NC(=O)Nc1nc2c(s1)COCC2. The second-order valence-electron chi connectivity index (χ2n) is 6.11. The van der Waals surface area contributed by atoms with E-state index in [1.165, 1.54) is 11.3 Å². The molecular formula is C18H21N3O4S. The van der Waals surface area contributed by atoms with Gasteiger partial charge < -0.3 is 15.2 Å². The number of urea groups is 1. The third-order valence-corrected chi connectivity index (χ3v) is 5.07. The number of carbonyl (C=O) groups is 2. The van der Waals surface area contributed by atoms with Crippen molar-refractivity contribution >= 4 is 28.5 Å². The van der Waals surface area contributed by atoms with Gasteiger partial charge in [0.25, 0.3) is 0 Å². The van der Waals surface area contributed by atoms with Crippen LogP contribution >= 0.6 is 11.3 Å². The lowest BCUT2D eigenvalue weighted by atomic mass is 10.0. The third kappa shape index (κ3) is 5.27. The Hall–Kier alpha value is -2.45. The summed E-state index contributed by atoms with van der Waals surface area (Å²) in [6.07, 6.45) is 1.69. The van der Waals surface area contributed by atoms with Gasteiger partial charge >= 0.3 is 12.0 Å². The number of nitrogens with one attached hydrogen (secondary N) is 2. The summed E-state index contributed by atoms with van der Waals surface area (Å²) < 4.78 is 5.39. The van der Waals surface area contributed by atoms with Crippen molar-refractivity contribution in [2.24, 2.45) is 0 Å².